The fraction of sp³-hybridized carbons (Fsp3) is 1.00. The molecule has 1 nitrogen and oxygen atoms in total. The third kappa shape index (κ3) is 3.31. The van der Waals surface area contributed by atoms with Gasteiger partial charge < -0.3 is 4.57 Å². The molecule has 0 aromatic rings. The van der Waals surface area contributed by atoms with Crippen LogP contribution >= 0.6 is 7.80 Å². The summed E-state index contributed by atoms with van der Waals surface area (Å²) in [4.78, 5) is 0. The lowest BCUT2D eigenvalue weighted by atomic mass is 10.2. The number of hydrogen-bond acceptors (Lipinski definition) is 1. The molecule has 0 fully saturated rings. The Hall–Kier alpha value is 0.230. The maximum Gasteiger partial charge on any atom is 0.0820 e. The quantitative estimate of drug-likeness (QED) is 0.580. The second-order valence-electron chi connectivity index (χ2n) is 3.43. The van der Waals surface area contributed by atoms with Crippen LogP contribution in [0, 0.1) is 0 Å². The van der Waals surface area contributed by atoms with Crippen LogP contribution in [0.2, 0.25) is 0 Å². The minimum atomic E-state index is -1.32. The molecule has 0 unspecified atom stereocenters. The Morgan fingerprint density at radius 2 is 1.08 bits per heavy atom. The number of rotatable bonds is 6. The van der Waals surface area contributed by atoms with Crippen molar-refractivity contribution in [2.75, 3.05) is 0 Å². The molecular formula is C10H23OP. The summed E-state index contributed by atoms with van der Waals surface area (Å²) >= 11 is 0. The predicted octanol–water partition coefficient (Wildman–Crippen LogP) is 3.92. The van der Waals surface area contributed by atoms with Crippen molar-refractivity contribution in [2.24, 2.45) is 0 Å². The topological polar surface area (TPSA) is 17.1 Å². The number of hydrogen-bond donors (Lipinski definition) is 0. The van der Waals surface area contributed by atoms with Gasteiger partial charge in [-0.1, -0.05) is 27.7 Å². The monoisotopic (exact) mass is 190 g/mol. The Balaban J connectivity index is 4.12. The summed E-state index contributed by atoms with van der Waals surface area (Å²) in [6.07, 6.45) is 4.35. The Labute approximate surface area is 77.7 Å². The first-order valence-corrected chi connectivity index (χ1v) is 6.81. The zero-order valence-corrected chi connectivity index (χ0v) is 9.89. The molecule has 0 saturated heterocycles. The van der Waals surface area contributed by atoms with Crippen molar-refractivity contribution < 1.29 is 4.57 Å². The van der Waals surface area contributed by atoms with E-state index in [1.54, 1.807) is 0 Å². The molecule has 0 rings (SSSR count). The normalized spacial score (nSPS) is 11.9. The maximum absolute atomic E-state index is 12.0. The van der Waals surface area contributed by atoms with E-state index >= 15 is 0 Å². The Morgan fingerprint density at radius 1 is 0.833 bits per heavy atom. The van der Waals surface area contributed by atoms with Gasteiger partial charge in [-0.05, 0) is 25.7 Å². The van der Waals surface area contributed by atoms with E-state index < -0.39 is 7.80 Å². The molecule has 0 aliphatic heterocycles. The predicted molar refractivity (Wildman–Crippen MR) is 57.7 cm³/mol. The van der Waals surface area contributed by atoms with Crippen molar-refractivity contribution in [3.8, 4) is 0 Å². The highest BCUT2D eigenvalue weighted by Gasteiger charge is 2.19. The van der Waals surface area contributed by atoms with Crippen LogP contribution in [0.4, 0.5) is 0 Å². The summed E-state index contributed by atoms with van der Waals surface area (Å²) in [5.41, 5.74) is 1.000. The van der Waals surface area contributed by atoms with Crippen LogP contribution in [-0.4, -0.2) is 11.3 Å². The second-order valence-corrected chi connectivity index (χ2v) is 5.87. The molecule has 0 amide bonds. The Bertz CT molecular complexity index is 112. The summed E-state index contributed by atoms with van der Waals surface area (Å²) < 4.78 is 12.0. The molecule has 12 heavy (non-hydrogen) atoms. The molecule has 2 heteroatoms. The summed E-state index contributed by atoms with van der Waals surface area (Å²) in [7, 11) is -1.32. The molecule has 74 valence electrons. The summed E-state index contributed by atoms with van der Waals surface area (Å²) in [5.74, 6) is 0. The highest BCUT2D eigenvalue weighted by atomic mass is 31.1. The van der Waals surface area contributed by atoms with Crippen LogP contribution in [-0.2, 0) is 4.57 Å². The van der Waals surface area contributed by atoms with Gasteiger partial charge in [0, 0.05) is 11.3 Å². The van der Waals surface area contributed by atoms with Crippen LogP contribution in [0.15, 0.2) is 0 Å². The molecule has 0 radical (unpaired) electrons. The standard InChI is InChI=1S/C10H23OP/c1-5-9(6-2)12(11)10(7-3)8-4/h9-10,12H,5-8H2,1-4H3. The molecule has 0 aromatic heterocycles. The highest BCUT2D eigenvalue weighted by Crippen LogP contribution is 2.40. The highest BCUT2D eigenvalue weighted by molar-refractivity contribution is 7.46. The lowest BCUT2D eigenvalue weighted by Gasteiger charge is -2.19. The smallest absolute Gasteiger partial charge is 0.0820 e. The molecule has 0 aliphatic carbocycles. The lowest BCUT2D eigenvalue weighted by molar-refractivity contribution is 0.556. The van der Waals surface area contributed by atoms with Crippen LogP contribution in [0.5, 0.6) is 0 Å². The molecular weight excluding hydrogens is 167 g/mol. The third-order valence-electron chi connectivity index (χ3n) is 2.78. The molecule has 0 aliphatic rings. The van der Waals surface area contributed by atoms with E-state index in [1.807, 2.05) is 0 Å². The van der Waals surface area contributed by atoms with Crippen LogP contribution in [0.1, 0.15) is 53.4 Å². The van der Waals surface area contributed by atoms with Crippen LogP contribution in [0.3, 0.4) is 0 Å². The fourth-order valence-corrected chi connectivity index (χ4v) is 3.99. The van der Waals surface area contributed by atoms with Crippen molar-refractivity contribution in [1.82, 2.24) is 0 Å². The van der Waals surface area contributed by atoms with Crippen molar-refractivity contribution in [3.05, 3.63) is 0 Å². The molecule has 0 heterocycles. The first-order valence-electron chi connectivity index (χ1n) is 5.24. The van der Waals surface area contributed by atoms with Gasteiger partial charge in [0.25, 0.3) is 0 Å². The van der Waals surface area contributed by atoms with Gasteiger partial charge >= 0.3 is 0 Å². The van der Waals surface area contributed by atoms with Crippen molar-refractivity contribution in [2.45, 2.75) is 64.7 Å². The summed E-state index contributed by atoms with van der Waals surface area (Å²) in [6, 6.07) is 0. The van der Waals surface area contributed by atoms with Gasteiger partial charge in [0.1, 0.15) is 0 Å². The molecule has 0 aromatic carbocycles. The van der Waals surface area contributed by atoms with Crippen molar-refractivity contribution >= 4 is 7.80 Å². The molecule has 0 atom stereocenters. The van der Waals surface area contributed by atoms with E-state index in [1.165, 1.54) is 0 Å². The van der Waals surface area contributed by atoms with Gasteiger partial charge in [0.15, 0.2) is 0 Å². The van der Waals surface area contributed by atoms with Gasteiger partial charge in [-0.15, -0.1) is 0 Å². The van der Waals surface area contributed by atoms with Gasteiger partial charge in [0.05, 0.1) is 7.80 Å². The van der Waals surface area contributed by atoms with Gasteiger partial charge in [0.2, 0.25) is 0 Å². The zero-order chi connectivity index (χ0) is 9.56. The minimum absolute atomic E-state index is 0.500. The van der Waals surface area contributed by atoms with Crippen LogP contribution < -0.4 is 0 Å². The van der Waals surface area contributed by atoms with E-state index in [9.17, 15) is 4.57 Å². The molecule has 0 saturated carbocycles. The Morgan fingerprint density at radius 3 is 1.25 bits per heavy atom. The average Bonchev–Trinajstić information content (AvgIpc) is 2.09. The maximum atomic E-state index is 12.0. The fourth-order valence-electron chi connectivity index (χ4n) is 1.72. The summed E-state index contributed by atoms with van der Waals surface area (Å²) in [6.45, 7) is 8.61. The molecule has 0 bridgehead atoms. The van der Waals surface area contributed by atoms with Gasteiger partial charge in [-0.2, -0.15) is 0 Å². The van der Waals surface area contributed by atoms with Crippen molar-refractivity contribution in [1.29, 1.82) is 0 Å². The Kier molecular flexibility index (Phi) is 6.84. The second kappa shape index (κ2) is 6.71. The van der Waals surface area contributed by atoms with Gasteiger partial charge in [-0.25, -0.2) is 0 Å². The van der Waals surface area contributed by atoms with E-state index in [0.717, 1.165) is 25.7 Å². The average molecular weight is 190 g/mol. The lowest BCUT2D eigenvalue weighted by Crippen LogP contribution is -2.08. The summed E-state index contributed by atoms with van der Waals surface area (Å²) in [5, 5.41) is 0. The first kappa shape index (κ1) is 12.2. The molecule has 0 spiro atoms. The zero-order valence-electron chi connectivity index (χ0n) is 8.89. The van der Waals surface area contributed by atoms with E-state index in [0.29, 0.717) is 11.3 Å². The van der Waals surface area contributed by atoms with Crippen LogP contribution in [0.25, 0.3) is 0 Å². The largest absolute Gasteiger partial charge is 0.326 e. The van der Waals surface area contributed by atoms with Crippen molar-refractivity contribution in [3.63, 3.8) is 0 Å². The molecule has 0 N–H and O–H groups in total. The third-order valence-corrected chi connectivity index (χ3v) is 6.02. The first-order chi connectivity index (χ1) is 5.71. The minimum Gasteiger partial charge on any atom is -0.326 e. The van der Waals surface area contributed by atoms with Gasteiger partial charge in [-0.3, -0.25) is 0 Å². The van der Waals surface area contributed by atoms with E-state index in [4.69, 9.17) is 0 Å². The van der Waals surface area contributed by atoms with E-state index in [-0.39, 0.29) is 0 Å². The SMILES string of the molecule is CCC(CC)[PH](=O)C(CC)CC. The van der Waals surface area contributed by atoms with E-state index in [2.05, 4.69) is 27.7 Å².